The van der Waals surface area contributed by atoms with Crippen LogP contribution in [0.5, 0.6) is 0 Å². The molecule has 1 aromatic carbocycles. The van der Waals surface area contributed by atoms with Crippen LogP contribution >= 0.6 is 0 Å². The molecule has 8 nitrogen and oxygen atoms in total. The number of anilines is 1. The predicted molar refractivity (Wildman–Crippen MR) is 104 cm³/mol. The number of carbonyl (C=O) groups excluding carboxylic acids is 2. The molecule has 0 saturated heterocycles. The number of carboxylic acids is 1. The SMILES string of the molecule is CC(C)(C)OC(=O)Cn1c(C(=O)O)cc2cc(N(C=O)OC(C)(C)C)ccc21. The molecule has 1 amide bonds. The van der Waals surface area contributed by atoms with Crippen molar-refractivity contribution in [1.29, 1.82) is 0 Å². The van der Waals surface area contributed by atoms with E-state index in [9.17, 15) is 19.5 Å². The number of benzene rings is 1. The number of rotatable bonds is 6. The first-order valence-electron chi connectivity index (χ1n) is 8.83. The highest BCUT2D eigenvalue weighted by molar-refractivity contribution is 5.97. The summed E-state index contributed by atoms with van der Waals surface area (Å²) in [6, 6.07) is 6.35. The van der Waals surface area contributed by atoms with E-state index < -0.39 is 23.1 Å². The second kappa shape index (κ2) is 7.63. The Morgan fingerprint density at radius 2 is 1.75 bits per heavy atom. The number of ether oxygens (including phenoxy) is 1. The molecule has 8 heteroatoms. The van der Waals surface area contributed by atoms with Gasteiger partial charge in [0.15, 0.2) is 0 Å². The maximum Gasteiger partial charge on any atom is 0.352 e. The van der Waals surface area contributed by atoms with Crippen LogP contribution in [0.15, 0.2) is 24.3 Å². The third-order valence-corrected chi connectivity index (χ3v) is 3.53. The summed E-state index contributed by atoms with van der Waals surface area (Å²) in [5.41, 5.74) is -0.333. The van der Waals surface area contributed by atoms with Crippen LogP contribution in [-0.4, -0.2) is 39.2 Å². The summed E-state index contributed by atoms with van der Waals surface area (Å²) in [7, 11) is 0. The van der Waals surface area contributed by atoms with Crippen LogP contribution in [0.2, 0.25) is 0 Å². The van der Waals surface area contributed by atoms with Crippen molar-refractivity contribution < 1.29 is 29.1 Å². The maximum atomic E-state index is 12.2. The van der Waals surface area contributed by atoms with Crippen LogP contribution in [-0.2, 0) is 25.7 Å². The molecule has 2 rings (SSSR count). The largest absolute Gasteiger partial charge is 0.477 e. The van der Waals surface area contributed by atoms with Gasteiger partial charge in [0.2, 0.25) is 6.41 Å². The van der Waals surface area contributed by atoms with Crippen molar-refractivity contribution in [2.75, 3.05) is 5.06 Å². The lowest BCUT2D eigenvalue weighted by Gasteiger charge is -2.26. The predicted octanol–water partition coefficient (Wildman–Crippen LogP) is 3.37. The lowest BCUT2D eigenvalue weighted by molar-refractivity contribution is -0.155. The van der Waals surface area contributed by atoms with Gasteiger partial charge in [-0.25, -0.2) is 4.79 Å². The van der Waals surface area contributed by atoms with Crippen molar-refractivity contribution in [1.82, 2.24) is 4.57 Å². The van der Waals surface area contributed by atoms with Crippen molar-refractivity contribution in [3.8, 4) is 0 Å². The fourth-order valence-corrected chi connectivity index (χ4v) is 2.68. The third-order valence-electron chi connectivity index (χ3n) is 3.53. The molecule has 0 fully saturated rings. The van der Waals surface area contributed by atoms with E-state index in [4.69, 9.17) is 9.57 Å². The molecule has 1 aromatic heterocycles. The molecule has 0 aliphatic carbocycles. The Hall–Kier alpha value is -2.87. The summed E-state index contributed by atoms with van der Waals surface area (Å²) in [5, 5.41) is 11.2. The van der Waals surface area contributed by atoms with Gasteiger partial charge in [0.1, 0.15) is 17.8 Å². The molecule has 152 valence electrons. The number of carboxylic acid groups (broad SMARTS) is 1. The lowest BCUT2D eigenvalue weighted by atomic mass is 10.2. The molecular formula is C20H26N2O6. The maximum absolute atomic E-state index is 12.2. The minimum Gasteiger partial charge on any atom is -0.477 e. The number of fused-ring (bicyclic) bond motifs is 1. The van der Waals surface area contributed by atoms with Gasteiger partial charge in [0.05, 0.1) is 11.3 Å². The Morgan fingerprint density at radius 1 is 1.11 bits per heavy atom. The minimum atomic E-state index is -1.17. The number of esters is 1. The van der Waals surface area contributed by atoms with E-state index in [1.54, 1.807) is 39.0 Å². The molecule has 0 bridgehead atoms. The van der Waals surface area contributed by atoms with Gasteiger partial charge in [-0.3, -0.25) is 14.4 Å². The van der Waals surface area contributed by atoms with Gasteiger partial charge >= 0.3 is 11.9 Å². The summed E-state index contributed by atoms with van der Waals surface area (Å²) >= 11 is 0. The number of hydrogen-bond donors (Lipinski definition) is 1. The monoisotopic (exact) mass is 390 g/mol. The molecule has 0 radical (unpaired) electrons. The van der Waals surface area contributed by atoms with E-state index in [0.717, 1.165) is 5.06 Å². The molecule has 1 heterocycles. The zero-order valence-corrected chi connectivity index (χ0v) is 17.0. The molecule has 0 spiro atoms. The van der Waals surface area contributed by atoms with Gasteiger partial charge < -0.3 is 14.4 Å². The van der Waals surface area contributed by atoms with Crippen LogP contribution in [0, 0.1) is 0 Å². The molecule has 2 aromatic rings. The number of aromatic nitrogens is 1. The zero-order chi connectivity index (χ0) is 21.3. The smallest absolute Gasteiger partial charge is 0.352 e. The Bertz CT molecular complexity index is 902. The van der Waals surface area contributed by atoms with E-state index in [-0.39, 0.29) is 12.2 Å². The zero-order valence-electron chi connectivity index (χ0n) is 17.0. The molecule has 1 N–H and O–H groups in total. The summed E-state index contributed by atoms with van der Waals surface area (Å²) in [6.07, 6.45) is 0.544. The van der Waals surface area contributed by atoms with Gasteiger partial charge in [-0.1, -0.05) is 0 Å². The highest BCUT2D eigenvalue weighted by Gasteiger charge is 2.23. The van der Waals surface area contributed by atoms with E-state index in [0.29, 0.717) is 23.0 Å². The Labute approximate surface area is 163 Å². The molecule has 0 aliphatic heterocycles. The van der Waals surface area contributed by atoms with Crippen LogP contribution in [0.1, 0.15) is 52.0 Å². The van der Waals surface area contributed by atoms with Gasteiger partial charge in [-0.15, -0.1) is 0 Å². The first-order chi connectivity index (χ1) is 12.8. The Kier molecular flexibility index (Phi) is 5.84. The Balaban J connectivity index is 2.46. The van der Waals surface area contributed by atoms with Crippen LogP contribution < -0.4 is 5.06 Å². The molecular weight excluding hydrogens is 364 g/mol. The van der Waals surface area contributed by atoms with E-state index in [2.05, 4.69) is 0 Å². The van der Waals surface area contributed by atoms with Gasteiger partial charge in [-0.05, 0) is 65.8 Å². The number of amides is 1. The third kappa shape index (κ3) is 5.32. The average molecular weight is 390 g/mol. The van der Waals surface area contributed by atoms with E-state index >= 15 is 0 Å². The summed E-state index contributed by atoms with van der Waals surface area (Å²) in [5.74, 6) is -1.71. The highest BCUT2D eigenvalue weighted by Crippen LogP contribution is 2.27. The number of carbonyl (C=O) groups is 3. The van der Waals surface area contributed by atoms with Crippen LogP contribution in [0.25, 0.3) is 10.9 Å². The van der Waals surface area contributed by atoms with Crippen molar-refractivity contribution >= 4 is 34.9 Å². The van der Waals surface area contributed by atoms with Gasteiger partial charge in [-0.2, -0.15) is 5.06 Å². The highest BCUT2D eigenvalue weighted by atomic mass is 16.7. The fraction of sp³-hybridized carbons (Fsp3) is 0.450. The molecule has 28 heavy (non-hydrogen) atoms. The summed E-state index contributed by atoms with van der Waals surface area (Å²) < 4.78 is 6.68. The molecule has 0 unspecified atom stereocenters. The van der Waals surface area contributed by atoms with Crippen molar-refractivity contribution in [3.05, 3.63) is 30.0 Å². The molecule has 0 aliphatic rings. The molecule has 0 atom stereocenters. The van der Waals surface area contributed by atoms with E-state index in [1.165, 1.54) is 10.6 Å². The number of nitrogens with zero attached hydrogens (tertiary/aromatic N) is 2. The normalized spacial score (nSPS) is 12.1. The second-order valence-electron chi connectivity index (χ2n) is 8.39. The topological polar surface area (TPSA) is 98.1 Å². The number of hydroxylamine groups is 1. The second-order valence-corrected chi connectivity index (χ2v) is 8.39. The summed E-state index contributed by atoms with van der Waals surface area (Å²) in [6.45, 7) is 10.4. The summed E-state index contributed by atoms with van der Waals surface area (Å²) in [4.78, 5) is 40.9. The van der Waals surface area contributed by atoms with Crippen LogP contribution in [0.4, 0.5) is 5.69 Å². The van der Waals surface area contributed by atoms with Crippen molar-refractivity contribution in [2.45, 2.75) is 59.3 Å². The van der Waals surface area contributed by atoms with Crippen molar-refractivity contribution in [3.63, 3.8) is 0 Å². The van der Waals surface area contributed by atoms with Gasteiger partial charge in [0.25, 0.3) is 0 Å². The fourth-order valence-electron chi connectivity index (χ4n) is 2.68. The first-order valence-corrected chi connectivity index (χ1v) is 8.83. The lowest BCUT2D eigenvalue weighted by Crippen LogP contribution is -2.32. The number of hydrogen-bond acceptors (Lipinski definition) is 5. The standard InChI is InChI=1S/C20H26N2O6/c1-19(2,3)27-17(24)11-21-15-8-7-14(22(12-23)28-20(4,5)6)9-13(15)10-16(21)18(25)26/h7-10,12H,11H2,1-6H3,(H,25,26). The quantitative estimate of drug-likeness (QED) is 0.461. The minimum absolute atomic E-state index is 0.0487. The number of aromatic carboxylic acids is 1. The Morgan fingerprint density at radius 3 is 2.25 bits per heavy atom. The van der Waals surface area contributed by atoms with Crippen molar-refractivity contribution in [2.24, 2.45) is 0 Å². The van der Waals surface area contributed by atoms with Gasteiger partial charge in [0, 0.05) is 10.9 Å². The first kappa shape index (κ1) is 21.4. The molecule has 0 saturated carbocycles. The van der Waals surface area contributed by atoms with E-state index in [1.807, 2.05) is 20.8 Å². The average Bonchev–Trinajstić information content (AvgIpc) is 2.88. The van der Waals surface area contributed by atoms with Crippen LogP contribution in [0.3, 0.4) is 0 Å².